The monoisotopic (exact) mass is 684 g/mol. The Hall–Kier alpha value is -3.67. The van der Waals surface area contributed by atoms with Crippen LogP contribution in [0.3, 0.4) is 0 Å². The van der Waals surface area contributed by atoms with E-state index in [-0.39, 0.29) is 33.5 Å². The first-order valence-electron chi connectivity index (χ1n) is 17.7. The van der Waals surface area contributed by atoms with E-state index in [0.29, 0.717) is 50.8 Å². The van der Waals surface area contributed by atoms with Crippen molar-refractivity contribution in [1.82, 2.24) is 19.5 Å². The topological polar surface area (TPSA) is 119 Å². The maximum absolute atomic E-state index is 14.9. The quantitative estimate of drug-likeness (QED) is 0.463. The molecule has 10 nitrogen and oxygen atoms in total. The first-order chi connectivity index (χ1) is 23.6. The largest absolute Gasteiger partial charge is 0.496 e. The van der Waals surface area contributed by atoms with Gasteiger partial charge in [-0.2, -0.15) is 0 Å². The highest BCUT2D eigenvalue weighted by molar-refractivity contribution is 7.93. The summed E-state index contributed by atoms with van der Waals surface area (Å²) < 4.78 is 42.0. The second kappa shape index (κ2) is 10.9. The lowest BCUT2D eigenvalue weighted by Gasteiger charge is -2.34. The Kier molecular flexibility index (Phi) is 6.98. The van der Waals surface area contributed by atoms with Gasteiger partial charge in [0.25, 0.3) is 15.9 Å². The Morgan fingerprint density at radius 3 is 2.53 bits per heavy atom. The van der Waals surface area contributed by atoms with E-state index in [1.54, 1.807) is 7.11 Å². The number of carbonyl (C=O) groups excluding carboxylic acids is 2. The van der Waals surface area contributed by atoms with E-state index in [2.05, 4.69) is 56.4 Å². The maximum Gasteiger partial charge on any atom is 0.265 e. The lowest BCUT2D eigenvalue weighted by atomic mass is 9.71. The number of sulfonamides is 1. The smallest absolute Gasteiger partial charge is 0.265 e. The summed E-state index contributed by atoms with van der Waals surface area (Å²) in [5.41, 5.74) is 6.26. The molecule has 11 heteroatoms. The van der Waals surface area contributed by atoms with E-state index in [4.69, 9.17) is 9.47 Å². The summed E-state index contributed by atoms with van der Waals surface area (Å²) in [6, 6.07) is 6.51. The Bertz CT molecular complexity index is 2020. The number of ether oxygens (including phenoxy) is 2. The molecule has 9 rings (SSSR count). The molecule has 2 aromatic rings. The molecule has 4 atom stereocenters. The first kappa shape index (κ1) is 31.3. The molecule has 0 spiro atoms. The number of hydrogen-bond donors (Lipinski definition) is 2. The van der Waals surface area contributed by atoms with Crippen molar-refractivity contribution >= 4 is 32.7 Å². The number of allylic oxidation sites excluding steroid dienone is 5. The maximum atomic E-state index is 14.9. The zero-order valence-electron chi connectivity index (χ0n) is 28.3. The molecule has 3 aliphatic carbocycles. The second-order valence-electron chi connectivity index (χ2n) is 15.5. The summed E-state index contributed by atoms with van der Waals surface area (Å²) in [5.74, 6) is 0.0137. The highest BCUT2D eigenvalue weighted by atomic mass is 32.2. The molecule has 4 aliphatic heterocycles. The number of fused-ring (bicyclic) bond motifs is 6. The van der Waals surface area contributed by atoms with Gasteiger partial charge in [-0.3, -0.25) is 9.59 Å². The van der Waals surface area contributed by atoms with Gasteiger partial charge < -0.3 is 24.3 Å². The minimum absolute atomic E-state index is 0.0552. The number of likely N-dealkylation sites (tertiary alicyclic amines) is 1. The molecule has 3 saturated heterocycles. The van der Waals surface area contributed by atoms with Crippen LogP contribution >= 0.6 is 0 Å². The average molecular weight is 685 g/mol. The van der Waals surface area contributed by atoms with Gasteiger partial charge >= 0.3 is 0 Å². The Morgan fingerprint density at radius 1 is 1.10 bits per heavy atom. The van der Waals surface area contributed by atoms with Crippen molar-refractivity contribution in [3.8, 4) is 5.75 Å². The van der Waals surface area contributed by atoms with E-state index in [0.717, 1.165) is 65.0 Å². The van der Waals surface area contributed by atoms with Crippen molar-refractivity contribution in [2.45, 2.75) is 63.8 Å². The van der Waals surface area contributed by atoms with Crippen molar-refractivity contribution in [2.75, 3.05) is 46.5 Å². The van der Waals surface area contributed by atoms with E-state index in [1.165, 1.54) is 31.7 Å². The van der Waals surface area contributed by atoms with Crippen LogP contribution in [-0.2, 0) is 30.9 Å². The van der Waals surface area contributed by atoms with Crippen LogP contribution in [-0.4, -0.2) is 76.2 Å². The van der Waals surface area contributed by atoms with Gasteiger partial charge in [-0.05, 0) is 66.5 Å². The van der Waals surface area contributed by atoms with Crippen LogP contribution in [0.5, 0.6) is 5.75 Å². The zero-order valence-corrected chi connectivity index (χ0v) is 29.1. The zero-order chi connectivity index (χ0) is 33.9. The summed E-state index contributed by atoms with van der Waals surface area (Å²) in [7, 11) is -2.32. The fourth-order valence-corrected chi connectivity index (χ4v) is 10.8. The van der Waals surface area contributed by atoms with Gasteiger partial charge in [-0.15, -0.1) is 0 Å². The molecule has 2 unspecified atom stereocenters. The molecule has 2 N–H and O–H groups in total. The molecule has 2 amide bonds. The van der Waals surface area contributed by atoms with Crippen LogP contribution in [0.1, 0.15) is 68.5 Å². The van der Waals surface area contributed by atoms with Crippen molar-refractivity contribution in [3.63, 3.8) is 0 Å². The molecule has 49 heavy (non-hydrogen) atoms. The minimum atomic E-state index is -4.02. The third-order valence-electron chi connectivity index (χ3n) is 12.8. The van der Waals surface area contributed by atoms with Crippen LogP contribution in [0.2, 0.25) is 0 Å². The number of hydrogen-bond acceptors (Lipinski definition) is 7. The van der Waals surface area contributed by atoms with Crippen LogP contribution in [0.4, 0.5) is 0 Å². The standard InChI is InChI=1S/C38H44N4O6S/c1-22(2)49(45,46)40-35(43)33-28-15-42-29(14-27-30(47-3)13-12-24(34(27)42)23-8-5-4-6-9-23)31-25(32(28)33)10-7-11-26(31)36(44)41-18-37-16-39-17-38(37,19-41)21-48-20-37/h7,10,12-14,23,26,31,39H,1,4-6,8-9,11,15-21H2,2-3H3,(H,40,43)/t26-,31-,37?,38?/m1/s1. The number of methoxy groups -OCH3 is 1. The van der Waals surface area contributed by atoms with Crippen LogP contribution in [0.15, 0.2) is 64.1 Å². The molecule has 0 radical (unpaired) electrons. The SMILES string of the molecule is C=C(C)S(=O)(=O)NC(=O)C1=C2Cn3c(cc4c(OC)ccc(C5CCCCC5)c43)[C@@H]3C(=C21)C=CC[C@H]3C(=O)N1CC23CNCC2(COC3)C1. The van der Waals surface area contributed by atoms with Crippen molar-refractivity contribution < 1.29 is 27.5 Å². The Morgan fingerprint density at radius 2 is 1.84 bits per heavy atom. The molecule has 1 aromatic carbocycles. The molecular formula is C38H44N4O6S. The van der Waals surface area contributed by atoms with Gasteiger partial charge in [-0.1, -0.05) is 44.1 Å². The normalized spacial score (nSPS) is 30.4. The van der Waals surface area contributed by atoms with Gasteiger partial charge in [0.2, 0.25) is 5.91 Å². The highest BCUT2D eigenvalue weighted by Gasteiger charge is 2.65. The van der Waals surface area contributed by atoms with Crippen molar-refractivity contribution in [2.24, 2.45) is 16.7 Å². The molecule has 5 heterocycles. The summed E-state index contributed by atoms with van der Waals surface area (Å²) in [5, 5.41) is 4.60. The molecule has 1 saturated carbocycles. The number of amides is 2. The Balaban J connectivity index is 1.19. The lowest BCUT2D eigenvalue weighted by molar-refractivity contribution is -0.136. The fraction of sp³-hybridized carbons (Fsp3) is 0.526. The van der Waals surface area contributed by atoms with Gasteiger partial charge in [0.05, 0.1) is 42.2 Å². The summed E-state index contributed by atoms with van der Waals surface area (Å²) in [6.07, 6.45) is 10.6. The fourth-order valence-electron chi connectivity index (χ4n) is 10.3. The van der Waals surface area contributed by atoms with Crippen molar-refractivity contribution in [3.05, 3.63) is 75.4 Å². The summed E-state index contributed by atoms with van der Waals surface area (Å²) >= 11 is 0. The van der Waals surface area contributed by atoms with Gasteiger partial charge in [0.15, 0.2) is 0 Å². The third-order valence-corrected chi connectivity index (χ3v) is 14.2. The number of rotatable bonds is 6. The predicted octanol–water partition coefficient (Wildman–Crippen LogP) is 4.41. The van der Waals surface area contributed by atoms with Crippen LogP contribution in [0, 0.1) is 16.7 Å². The molecular weight excluding hydrogens is 641 g/mol. The van der Waals surface area contributed by atoms with Crippen LogP contribution < -0.4 is 14.8 Å². The number of nitrogens with one attached hydrogen (secondary N) is 2. The van der Waals surface area contributed by atoms with Crippen LogP contribution in [0.25, 0.3) is 10.9 Å². The number of carbonyl (C=O) groups is 2. The second-order valence-corrected chi connectivity index (χ2v) is 17.4. The molecule has 258 valence electrons. The lowest BCUT2D eigenvalue weighted by Crippen LogP contribution is -2.42. The van der Waals surface area contributed by atoms with E-state index in [9.17, 15) is 18.0 Å². The predicted molar refractivity (Wildman–Crippen MR) is 185 cm³/mol. The first-order valence-corrected chi connectivity index (χ1v) is 19.2. The molecule has 0 bridgehead atoms. The van der Waals surface area contributed by atoms with E-state index >= 15 is 0 Å². The Labute approximate surface area is 287 Å². The number of aromatic nitrogens is 1. The molecule has 7 aliphatic rings. The van der Waals surface area contributed by atoms with Gasteiger partial charge in [0.1, 0.15) is 5.75 Å². The summed E-state index contributed by atoms with van der Waals surface area (Å²) in [4.78, 5) is 30.5. The number of nitrogens with zero attached hydrogens (tertiary/aromatic N) is 2. The van der Waals surface area contributed by atoms with Gasteiger partial charge in [0, 0.05) is 60.6 Å². The highest BCUT2D eigenvalue weighted by Crippen LogP contribution is 2.57. The number of benzene rings is 1. The van der Waals surface area contributed by atoms with E-state index in [1.807, 2.05) is 0 Å². The minimum Gasteiger partial charge on any atom is -0.496 e. The van der Waals surface area contributed by atoms with Gasteiger partial charge in [-0.25, -0.2) is 13.1 Å². The third kappa shape index (κ3) is 4.47. The molecule has 4 fully saturated rings. The summed E-state index contributed by atoms with van der Waals surface area (Å²) in [6.45, 7) is 9.76. The molecule has 1 aromatic heterocycles. The van der Waals surface area contributed by atoms with Crippen molar-refractivity contribution in [1.29, 1.82) is 0 Å². The van der Waals surface area contributed by atoms with E-state index < -0.39 is 15.9 Å². The average Bonchev–Trinajstić information content (AvgIpc) is 3.26.